The van der Waals surface area contributed by atoms with E-state index in [0.29, 0.717) is 5.82 Å². The van der Waals surface area contributed by atoms with E-state index >= 15 is 0 Å². The number of nitrogen functional groups attached to an aromatic ring is 1. The van der Waals surface area contributed by atoms with Gasteiger partial charge in [-0.2, -0.15) is 0 Å². The summed E-state index contributed by atoms with van der Waals surface area (Å²) < 4.78 is 0. The first kappa shape index (κ1) is 9.25. The molecule has 0 spiro atoms. The third-order valence-electron chi connectivity index (χ3n) is 2.66. The molecule has 2 N–H and O–H groups in total. The van der Waals surface area contributed by atoms with E-state index in [2.05, 4.69) is 17.1 Å². The van der Waals surface area contributed by atoms with Crippen molar-refractivity contribution in [3.05, 3.63) is 35.5 Å². The second-order valence-electron chi connectivity index (χ2n) is 3.88. The summed E-state index contributed by atoms with van der Waals surface area (Å²) in [6, 6.07) is 3.94. The molecule has 2 heteroatoms. The average molecular weight is 188 g/mol. The second kappa shape index (κ2) is 4.27. The molecule has 0 fully saturated rings. The first-order valence-corrected chi connectivity index (χ1v) is 5.23. The molecular formula is C12H16N2. The third kappa shape index (κ3) is 2.34. The lowest BCUT2D eigenvalue weighted by Gasteiger charge is -2.12. The molecule has 1 aromatic rings. The Balaban J connectivity index is 2.03. The Kier molecular flexibility index (Phi) is 2.82. The van der Waals surface area contributed by atoms with Crippen molar-refractivity contribution in [1.82, 2.24) is 4.98 Å². The molecule has 0 radical (unpaired) electrons. The predicted molar refractivity (Wildman–Crippen MR) is 58.9 cm³/mol. The van der Waals surface area contributed by atoms with E-state index in [1.807, 2.05) is 12.3 Å². The molecule has 0 atom stereocenters. The summed E-state index contributed by atoms with van der Waals surface area (Å²) in [4.78, 5) is 4.10. The topological polar surface area (TPSA) is 38.9 Å². The van der Waals surface area contributed by atoms with Gasteiger partial charge in [-0.05, 0) is 43.7 Å². The number of hydrogen-bond acceptors (Lipinski definition) is 2. The molecule has 1 aliphatic carbocycles. The van der Waals surface area contributed by atoms with Crippen LogP contribution in [0.5, 0.6) is 0 Å². The standard InChI is InChI=1S/C12H16N2/c13-12-7-6-11(9-14-12)8-10-4-2-1-3-5-10/h4,6-7,9H,1-3,5,8H2,(H2,13,14). The van der Waals surface area contributed by atoms with Gasteiger partial charge in [0.2, 0.25) is 0 Å². The molecule has 0 bridgehead atoms. The van der Waals surface area contributed by atoms with E-state index in [1.165, 1.54) is 31.2 Å². The van der Waals surface area contributed by atoms with Crippen LogP contribution in [0.2, 0.25) is 0 Å². The Bertz CT molecular complexity index is 325. The van der Waals surface area contributed by atoms with Crippen LogP contribution in [0.3, 0.4) is 0 Å². The highest BCUT2D eigenvalue weighted by atomic mass is 14.8. The SMILES string of the molecule is Nc1ccc(CC2=CCCCC2)cn1. The van der Waals surface area contributed by atoms with Crippen LogP contribution in [0.1, 0.15) is 31.2 Å². The van der Waals surface area contributed by atoms with Crippen LogP contribution >= 0.6 is 0 Å². The van der Waals surface area contributed by atoms with Crippen LogP contribution in [0.4, 0.5) is 5.82 Å². The highest BCUT2D eigenvalue weighted by Crippen LogP contribution is 2.20. The van der Waals surface area contributed by atoms with E-state index < -0.39 is 0 Å². The molecule has 0 unspecified atom stereocenters. The fourth-order valence-electron chi connectivity index (χ4n) is 1.87. The van der Waals surface area contributed by atoms with Crippen molar-refractivity contribution in [2.45, 2.75) is 32.1 Å². The Labute approximate surface area is 84.9 Å². The fourth-order valence-corrected chi connectivity index (χ4v) is 1.87. The lowest BCUT2D eigenvalue weighted by Crippen LogP contribution is -1.97. The van der Waals surface area contributed by atoms with Crippen molar-refractivity contribution in [2.75, 3.05) is 5.73 Å². The maximum absolute atomic E-state index is 5.53. The molecule has 1 aromatic heterocycles. The lowest BCUT2D eigenvalue weighted by atomic mass is 9.95. The summed E-state index contributed by atoms with van der Waals surface area (Å²) in [7, 11) is 0. The van der Waals surface area contributed by atoms with Gasteiger partial charge in [-0.15, -0.1) is 0 Å². The van der Waals surface area contributed by atoms with Gasteiger partial charge in [0.25, 0.3) is 0 Å². The summed E-state index contributed by atoms with van der Waals surface area (Å²) in [6.07, 6.45) is 10.5. The number of allylic oxidation sites excluding steroid dienone is 2. The fraction of sp³-hybridized carbons (Fsp3) is 0.417. The summed E-state index contributed by atoms with van der Waals surface area (Å²) >= 11 is 0. The van der Waals surface area contributed by atoms with E-state index in [0.717, 1.165) is 6.42 Å². The van der Waals surface area contributed by atoms with Crippen molar-refractivity contribution >= 4 is 5.82 Å². The molecular weight excluding hydrogens is 172 g/mol. The van der Waals surface area contributed by atoms with Crippen molar-refractivity contribution in [3.8, 4) is 0 Å². The van der Waals surface area contributed by atoms with Gasteiger partial charge in [-0.25, -0.2) is 4.98 Å². The number of rotatable bonds is 2. The molecule has 74 valence electrons. The first-order chi connectivity index (χ1) is 6.84. The van der Waals surface area contributed by atoms with Crippen LogP contribution < -0.4 is 5.73 Å². The Morgan fingerprint density at radius 1 is 1.29 bits per heavy atom. The smallest absolute Gasteiger partial charge is 0.123 e. The van der Waals surface area contributed by atoms with Crippen molar-refractivity contribution in [1.29, 1.82) is 0 Å². The molecule has 0 saturated heterocycles. The zero-order valence-corrected chi connectivity index (χ0v) is 8.37. The van der Waals surface area contributed by atoms with Gasteiger partial charge in [0.05, 0.1) is 0 Å². The highest BCUT2D eigenvalue weighted by molar-refractivity contribution is 5.31. The quantitative estimate of drug-likeness (QED) is 0.725. The first-order valence-electron chi connectivity index (χ1n) is 5.23. The number of pyridine rings is 1. The second-order valence-corrected chi connectivity index (χ2v) is 3.88. The van der Waals surface area contributed by atoms with Crippen molar-refractivity contribution in [2.24, 2.45) is 0 Å². The zero-order chi connectivity index (χ0) is 9.80. The Hall–Kier alpha value is -1.31. The van der Waals surface area contributed by atoms with Crippen LogP contribution in [0.25, 0.3) is 0 Å². The molecule has 0 aromatic carbocycles. The Morgan fingerprint density at radius 3 is 2.86 bits per heavy atom. The molecule has 0 saturated carbocycles. The molecule has 2 nitrogen and oxygen atoms in total. The number of anilines is 1. The zero-order valence-electron chi connectivity index (χ0n) is 8.37. The minimum Gasteiger partial charge on any atom is -0.384 e. The molecule has 1 aliphatic rings. The van der Waals surface area contributed by atoms with Gasteiger partial charge in [0.1, 0.15) is 5.82 Å². The number of nitrogens with two attached hydrogens (primary N) is 1. The Morgan fingerprint density at radius 2 is 2.21 bits per heavy atom. The summed E-state index contributed by atoms with van der Waals surface area (Å²) in [6.45, 7) is 0. The van der Waals surface area contributed by atoms with E-state index in [1.54, 1.807) is 5.57 Å². The largest absolute Gasteiger partial charge is 0.384 e. The van der Waals surface area contributed by atoms with Crippen LogP contribution in [0.15, 0.2) is 30.0 Å². The van der Waals surface area contributed by atoms with Gasteiger partial charge in [-0.1, -0.05) is 17.7 Å². The molecule has 14 heavy (non-hydrogen) atoms. The van der Waals surface area contributed by atoms with E-state index in [-0.39, 0.29) is 0 Å². The van der Waals surface area contributed by atoms with Gasteiger partial charge < -0.3 is 5.73 Å². The number of nitrogens with zero attached hydrogens (tertiary/aromatic N) is 1. The molecule has 0 amide bonds. The summed E-state index contributed by atoms with van der Waals surface area (Å²) in [5.41, 5.74) is 8.36. The molecule has 2 rings (SSSR count). The highest BCUT2D eigenvalue weighted by Gasteiger charge is 2.04. The predicted octanol–water partition coefficient (Wildman–Crippen LogP) is 2.71. The van der Waals surface area contributed by atoms with Crippen molar-refractivity contribution < 1.29 is 0 Å². The third-order valence-corrected chi connectivity index (χ3v) is 2.66. The van der Waals surface area contributed by atoms with Gasteiger partial charge in [0.15, 0.2) is 0 Å². The summed E-state index contributed by atoms with van der Waals surface area (Å²) in [5, 5.41) is 0. The lowest BCUT2D eigenvalue weighted by molar-refractivity contribution is 0.688. The minimum atomic E-state index is 0.603. The van der Waals surface area contributed by atoms with E-state index in [4.69, 9.17) is 5.73 Å². The number of hydrogen-bond donors (Lipinski definition) is 1. The van der Waals surface area contributed by atoms with E-state index in [9.17, 15) is 0 Å². The molecule has 0 aliphatic heterocycles. The monoisotopic (exact) mass is 188 g/mol. The normalized spacial score (nSPS) is 16.4. The van der Waals surface area contributed by atoms with Crippen LogP contribution in [0, 0.1) is 0 Å². The molecule has 1 heterocycles. The summed E-state index contributed by atoms with van der Waals surface area (Å²) in [5.74, 6) is 0.603. The maximum atomic E-state index is 5.53. The van der Waals surface area contributed by atoms with Gasteiger partial charge in [0, 0.05) is 6.20 Å². The number of aromatic nitrogens is 1. The van der Waals surface area contributed by atoms with Crippen LogP contribution in [-0.4, -0.2) is 4.98 Å². The van der Waals surface area contributed by atoms with Crippen LogP contribution in [-0.2, 0) is 6.42 Å². The average Bonchev–Trinajstić information content (AvgIpc) is 2.23. The minimum absolute atomic E-state index is 0.603. The van der Waals surface area contributed by atoms with Gasteiger partial charge in [-0.3, -0.25) is 0 Å². The van der Waals surface area contributed by atoms with Gasteiger partial charge >= 0.3 is 0 Å². The van der Waals surface area contributed by atoms with Crippen molar-refractivity contribution in [3.63, 3.8) is 0 Å². The maximum Gasteiger partial charge on any atom is 0.123 e.